The van der Waals surface area contributed by atoms with Crippen LogP contribution in [-0.4, -0.2) is 18.8 Å². The predicted molar refractivity (Wildman–Crippen MR) is 56.9 cm³/mol. The number of hydrogen-bond acceptors (Lipinski definition) is 1. The predicted octanol–water partition coefficient (Wildman–Crippen LogP) is 3.89. The van der Waals surface area contributed by atoms with E-state index in [1.165, 1.54) is 12.8 Å². The molecule has 1 atom stereocenters. The van der Waals surface area contributed by atoms with Crippen LogP contribution in [0.25, 0.3) is 0 Å². The van der Waals surface area contributed by atoms with E-state index in [2.05, 4.69) is 19.2 Å². The Bertz CT molecular complexity index is 145. The summed E-state index contributed by atoms with van der Waals surface area (Å²) in [4.78, 5) is 0. The van der Waals surface area contributed by atoms with Crippen molar-refractivity contribution in [3.05, 3.63) is 0 Å². The van der Waals surface area contributed by atoms with Crippen molar-refractivity contribution in [2.45, 2.75) is 64.6 Å². The Balaban J connectivity index is 3.23. The number of rotatable bonds is 8. The van der Waals surface area contributed by atoms with Crippen LogP contribution in [0.15, 0.2) is 0 Å². The SMILES string of the molecule is CCCCC(C)NCCCCC(F)(F)F. The van der Waals surface area contributed by atoms with Crippen molar-refractivity contribution in [2.75, 3.05) is 6.54 Å². The highest BCUT2D eigenvalue weighted by atomic mass is 19.4. The van der Waals surface area contributed by atoms with Crippen LogP contribution in [0, 0.1) is 0 Å². The smallest absolute Gasteiger partial charge is 0.314 e. The van der Waals surface area contributed by atoms with Gasteiger partial charge in [0.05, 0.1) is 0 Å². The van der Waals surface area contributed by atoms with Crippen molar-refractivity contribution >= 4 is 0 Å². The average Bonchev–Trinajstić information content (AvgIpc) is 2.12. The quantitative estimate of drug-likeness (QED) is 0.618. The molecule has 0 bridgehead atoms. The second-order valence-electron chi connectivity index (χ2n) is 4.07. The molecule has 15 heavy (non-hydrogen) atoms. The Morgan fingerprint density at radius 3 is 2.33 bits per heavy atom. The summed E-state index contributed by atoms with van der Waals surface area (Å²) in [7, 11) is 0. The van der Waals surface area contributed by atoms with E-state index in [4.69, 9.17) is 0 Å². The average molecular weight is 225 g/mol. The lowest BCUT2D eigenvalue weighted by Gasteiger charge is -2.13. The highest BCUT2D eigenvalue weighted by molar-refractivity contribution is 4.61. The molecule has 0 aliphatic carbocycles. The Hall–Kier alpha value is -0.250. The van der Waals surface area contributed by atoms with Gasteiger partial charge in [-0.1, -0.05) is 19.8 Å². The highest BCUT2D eigenvalue weighted by Crippen LogP contribution is 2.21. The molecule has 0 spiro atoms. The van der Waals surface area contributed by atoms with Crippen molar-refractivity contribution in [1.82, 2.24) is 5.32 Å². The van der Waals surface area contributed by atoms with Gasteiger partial charge in [0.1, 0.15) is 0 Å². The van der Waals surface area contributed by atoms with E-state index in [9.17, 15) is 13.2 Å². The largest absolute Gasteiger partial charge is 0.389 e. The van der Waals surface area contributed by atoms with Crippen molar-refractivity contribution < 1.29 is 13.2 Å². The topological polar surface area (TPSA) is 12.0 Å². The van der Waals surface area contributed by atoms with Crippen molar-refractivity contribution in [3.63, 3.8) is 0 Å². The normalized spacial score (nSPS) is 14.2. The van der Waals surface area contributed by atoms with Gasteiger partial charge in [0.15, 0.2) is 0 Å². The molecular weight excluding hydrogens is 203 g/mol. The summed E-state index contributed by atoms with van der Waals surface area (Å²) >= 11 is 0. The third-order valence-corrected chi connectivity index (χ3v) is 2.37. The van der Waals surface area contributed by atoms with Crippen LogP contribution >= 0.6 is 0 Å². The Morgan fingerprint density at radius 2 is 1.80 bits per heavy atom. The number of halogens is 3. The maximum atomic E-state index is 11.8. The summed E-state index contributed by atoms with van der Waals surface area (Å²) in [6.07, 6.45) is -0.356. The minimum atomic E-state index is -3.99. The molecule has 0 aromatic rings. The summed E-state index contributed by atoms with van der Waals surface area (Å²) in [5.74, 6) is 0. The maximum absolute atomic E-state index is 11.8. The van der Waals surface area contributed by atoms with Crippen LogP contribution < -0.4 is 5.32 Å². The van der Waals surface area contributed by atoms with Crippen LogP contribution in [0.3, 0.4) is 0 Å². The molecule has 0 aliphatic heterocycles. The monoisotopic (exact) mass is 225 g/mol. The Labute approximate surface area is 90.4 Å². The summed E-state index contributed by atoms with van der Waals surface area (Å²) in [6.45, 7) is 4.91. The molecule has 0 saturated carbocycles. The molecule has 92 valence electrons. The molecule has 0 aromatic carbocycles. The molecule has 4 heteroatoms. The fraction of sp³-hybridized carbons (Fsp3) is 1.00. The molecule has 0 saturated heterocycles. The first-order valence-corrected chi connectivity index (χ1v) is 5.76. The van der Waals surface area contributed by atoms with Gasteiger partial charge < -0.3 is 5.32 Å². The van der Waals surface area contributed by atoms with Crippen LogP contribution in [0.5, 0.6) is 0 Å². The first kappa shape index (κ1) is 14.8. The zero-order valence-electron chi connectivity index (χ0n) is 9.66. The molecular formula is C11H22F3N. The van der Waals surface area contributed by atoms with Gasteiger partial charge in [-0.2, -0.15) is 13.2 Å². The molecule has 0 amide bonds. The minimum Gasteiger partial charge on any atom is -0.314 e. The first-order chi connectivity index (χ1) is 6.95. The molecule has 0 rings (SSSR count). The van der Waals surface area contributed by atoms with E-state index in [1.807, 2.05) is 0 Å². The maximum Gasteiger partial charge on any atom is 0.389 e. The number of nitrogens with one attached hydrogen (secondary N) is 1. The van der Waals surface area contributed by atoms with Gasteiger partial charge >= 0.3 is 6.18 Å². The number of hydrogen-bond donors (Lipinski definition) is 1. The lowest BCUT2D eigenvalue weighted by Crippen LogP contribution is -2.27. The third kappa shape index (κ3) is 11.7. The second-order valence-corrected chi connectivity index (χ2v) is 4.07. The molecule has 0 heterocycles. The summed E-state index contributed by atoms with van der Waals surface area (Å²) < 4.78 is 35.4. The second kappa shape index (κ2) is 7.97. The third-order valence-electron chi connectivity index (χ3n) is 2.37. The standard InChI is InChI=1S/C11H22F3N/c1-3-4-7-10(2)15-9-6-5-8-11(12,13)14/h10,15H,3-9H2,1-2H3. The molecule has 1 unspecified atom stereocenters. The molecule has 0 aromatic heterocycles. The fourth-order valence-corrected chi connectivity index (χ4v) is 1.41. The van der Waals surface area contributed by atoms with E-state index >= 15 is 0 Å². The molecule has 0 fully saturated rings. The fourth-order valence-electron chi connectivity index (χ4n) is 1.41. The van der Waals surface area contributed by atoms with Gasteiger partial charge in [0.25, 0.3) is 0 Å². The van der Waals surface area contributed by atoms with Gasteiger partial charge in [-0.3, -0.25) is 0 Å². The van der Waals surface area contributed by atoms with Gasteiger partial charge in [-0.05, 0) is 32.7 Å². The van der Waals surface area contributed by atoms with Gasteiger partial charge in [0.2, 0.25) is 0 Å². The molecule has 1 N–H and O–H groups in total. The van der Waals surface area contributed by atoms with Gasteiger partial charge in [-0.25, -0.2) is 0 Å². The van der Waals surface area contributed by atoms with E-state index < -0.39 is 12.6 Å². The molecule has 1 nitrogen and oxygen atoms in total. The summed E-state index contributed by atoms with van der Waals surface area (Å²) in [6, 6.07) is 0.427. The van der Waals surface area contributed by atoms with Gasteiger partial charge in [0, 0.05) is 12.5 Å². The lowest BCUT2D eigenvalue weighted by molar-refractivity contribution is -0.135. The molecule has 0 radical (unpaired) electrons. The highest BCUT2D eigenvalue weighted by Gasteiger charge is 2.25. The van der Waals surface area contributed by atoms with Gasteiger partial charge in [-0.15, -0.1) is 0 Å². The summed E-state index contributed by atoms with van der Waals surface area (Å²) in [5.41, 5.74) is 0. The minimum absolute atomic E-state index is 0.233. The van der Waals surface area contributed by atoms with E-state index in [1.54, 1.807) is 0 Å². The Kier molecular flexibility index (Phi) is 7.83. The van der Waals surface area contributed by atoms with Crippen molar-refractivity contribution in [1.29, 1.82) is 0 Å². The van der Waals surface area contributed by atoms with Crippen molar-refractivity contribution in [3.8, 4) is 0 Å². The van der Waals surface area contributed by atoms with Crippen LogP contribution in [0.4, 0.5) is 13.2 Å². The van der Waals surface area contributed by atoms with E-state index in [-0.39, 0.29) is 6.42 Å². The van der Waals surface area contributed by atoms with Crippen molar-refractivity contribution in [2.24, 2.45) is 0 Å². The Morgan fingerprint density at radius 1 is 1.13 bits per heavy atom. The van der Waals surface area contributed by atoms with E-state index in [0.717, 1.165) is 6.42 Å². The zero-order valence-corrected chi connectivity index (χ0v) is 9.66. The zero-order chi connectivity index (χ0) is 11.7. The number of unbranched alkanes of at least 4 members (excludes halogenated alkanes) is 2. The lowest BCUT2D eigenvalue weighted by atomic mass is 10.1. The number of alkyl halides is 3. The van der Waals surface area contributed by atoms with E-state index in [0.29, 0.717) is 19.0 Å². The molecule has 0 aliphatic rings. The van der Waals surface area contributed by atoms with Crippen LogP contribution in [0.2, 0.25) is 0 Å². The van der Waals surface area contributed by atoms with Crippen LogP contribution in [-0.2, 0) is 0 Å². The summed E-state index contributed by atoms with van der Waals surface area (Å²) in [5, 5.41) is 3.24. The first-order valence-electron chi connectivity index (χ1n) is 5.76. The van der Waals surface area contributed by atoms with Crippen LogP contribution in [0.1, 0.15) is 52.4 Å².